The van der Waals surface area contributed by atoms with Crippen molar-refractivity contribution in [2.24, 2.45) is 0 Å². The van der Waals surface area contributed by atoms with E-state index in [1.165, 1.54) is 6.92 Å². The van der Waals surface area contributed by atoms with Crippen LogP contribution in [0.3, 0.4) is 0 Å². The summed E-state index contributed by atoms with van der Waals surface area (Å²) in [6.07, 6.45) is -0.259. The highest BCUT2D eigenvalue weighted by Gasteiger charge is 2.17. The van der Waals surface area contributed by atoms with E-state index < -0.39 is 18.0 Å². The maximum Gasteiger partial charge on any atom is 0.306 e. The molecule has 1 amide bonds. The Morgan fingerprint density at radius 1 is 1.07 bits per heavy atom. The summed E-state index contributed by atoms with van der Waals surface area (Å²) < 4.78 is 10.8. The number of aryl methyl sites for hydroxylation is 1. The molecule has 0 aliphatic rings. The molecule has 2 rings (SSSR count). The van der Waals surface area contributed by atoms with E-state index >= 15 is 0 Å². The van der Waals surface area contributed by atoms with Gasteiger partial charge in [-0.2, -0.15) is 0 Å². The molecule has 27 heavy (non-hydrogen) atoms. The second-order valence-electron chi connectivity index (χ2n) is 5.99. The topological polar surface area (TPSA) is 64.6 Å². The van der Waals surface area contributed by atoms with E-state index in [1.807, 2.05) is 13.0 Å². The molecular weight excluding hydrogens is 389 g/mol. The fourth-order valence-corrected chi connectivity index (χ4v) is 2.61. The molecule has 0 saturated carbocycles. The minimum absolute atomic E-state index is 0.158. The zero-order valence-electron chi connectivity index (χ0n) is 15.1. The number of ether oxygens (including phenoxy) is 2. The molecular formula is C20H21Cl2NO4. The smallest absolute Gasteiger partial charge is 0.306 e. The van der Waals surface area contributed by atoms with Gasteiger partial charge in [-0.3, -0.25) is 9.59 Å². The lowest BCUT2D eigenvalue weighted by Crippen LogP contribution is -2.30. The van der Waals surface area contributed by atoms with Crippen LogP contribution in [0.4, 0.5) is 5.69 Å². The zero-order chi connectivity index (χ0) is 19.8. The monoisotopic (exact) mass is 409 g/mol. The highest BCUT2D eigenvalue weighted by atomic mass is 35.5. The van der Waals surface area contributed by atoms with E-state index in [9.17, 15) is 9.59 Å². The molecule has 5 nitrogen and oxygen atoms in total. The number of halogens is 2. The molecule has 0 heterocycles. The summed E-state index contributed by atoms with van der Waals surface area (Å²) in [5.41, 5.74) is 1.51. The molecule has 0 unspecified atom stereocenters. The molecule has 144 valence electrons. The van der Waals surface area contributed by atoms with Gasteiger partial charge < -0.3 is 14.8 Å². The standard InChI is InChI=1S/C20H21Cl2NO4/c1-13-12-16(22)7-10-18(13)26-11-3-4-19(24)27-14(2)20(25)23-17-8-5-15(21)6-9-17/h5-10,12,14H,3-4,11H2,1-2H3,(H,23,25)/t14-/m1/s1. The highest BCUT2D eigenvalue weighted by Crippen LogP contribution is 2.22. The number of hydrogen-bond donors (Lipinski definition) is 1. The molecule has 0 spiro atoms. The van der Waals surface area contributed by atoms with Crippen LogP contribution < -0.4 is 10.1 Å². The average Bonchev–Trinajstić information content (AvgIpc) is 2.62. The van der Waals surface area contributed by atoms with E-state index in [2.05, 4.69) is 5.32 Å². The predicted octanol–water partition coefficient (Wildman–Crippen LogP) is 5.03. The molecule has 0 fully saturated rings. The van der Waals surface area contributed by atoms with E-state index in [1.54, 1.807) is 36.4 Å². The molecule has 0 radical (unpaired) electrons. The number of hydrogen-bond acceptors (Lipinski definition) is 4. The van der Waals surface area contributed by atoms with Crippen molar-refractivity contribution < 1.29 is 19.1 Å². The Kier molecular flexibility index (Phi) is 7.95. The lowest BCUT2D eigenvalue weighted by molar-refractivity contribution is -0.153. The number of amides is 1. The molecule has 2 aromatic carbocycles. The van der Waals surface area contributed by atoms with Gasteiger partial charge in [0.05, 0.1) is 6.61 Å². The van der Waals surface area contributed by atoms with Crippen molar-refractivity contribution in [1.82, 2.24) is 0 Å². The lowest BCUT2D eigenvalue weighted by Gasteiger charge is -2.14. The van der Waals surface area contributed by atoms with Gasteiger partial charge in [0.25, 0.3) is 5.91 Å². The van der Waals surface area contributed by atoms with Gasteiger partial charge in [-0.05, 0) is 68.3 Å². The van der Waals surface area contributed by atoms with Crippen molar-refractivity contribution in [1.29, 1.82) is 0 Å². The summed E-state index contributed by atoms with van der Waals surface area (Å²) in [6.45, 7) is 3.79. The van der Waals surface area contributed by atoms with Crippen LogP contribution in [0, 0.1) is 6.92 Å². The fraction of sp³-hybridized carbons (Fsp3) is 0.300. The normalized spacial score (nSPS) is 11.6. The summed E-state index contributed by atoms with van der Waals surface area (Å²) in [6, 6.07) is 12.0. The second-order valence-corrected chi connectivity index (χ2v) is 6.86. The SMILES string of the molecule is Cc1cc(Cl)ccc1OCCCC(=O)O[C@H](C)C(=O)Nc1ccc(Cl)cc1. The summed E-state index contributed by atoms with van der Waals surface area (Å²) in [4.78, 5) is 23.9. The molecule has 0 aliphatic carbocycles. The number of rotatable bonds is 8. The van der Waals surface area contributed by atoms with Crippen LogP contribution in [-0.4, -0.2) is 24.6 Å². The van der Waals surface area contributed by atoms with Gasteiger partial charge in [0.1, 0.15) is 5.75 Å². The third-order valence-corrected chi connectivity index (χ3v) is 4.20. The molecule has 0 aromatic heterocycles. The maximum absolute atomic E-state index is 12.1. The largest absolute Gasteiger partial charge is 0.493 e. The summed E-state index contributed by atoms with van der Waals surface area (Å²) >= 11 is 11.7. The summed E-state index contributed by atoms with van der Waals surface area (Å²) in [5.74, 6) is -0.132. The number of anilines is 1. The Bertz CT molecular complexity index is 793. The van der Waals surface area contributed by atoms with Crippen molar-refractivity contribution >= 4 is 40.8 Å². The second kappa shape index (κ2) is 10.2. The van der Waals surface area contributed by atoms with Crippen LogP contribution >= 0.6 is 23.2 Å². The molecule has 2 aromatic rings. The van der Waals surface area contributed by atoms with Gasteiger partial charge >= 0.3 is 5.97 Å². The van der Waals surface area contributed by atoms with Crippen LogP contribution in [0.1, 0.15) is 25.3 Å². The van der Waals surface area contributed by atoms with E-state index in [0.29, 0.717) is 28.8 Å². The van der Waals surface area contributed by atoms with Gasteiger partial charge in [0, 0.05) is 22.2 Å². The van der Waals surface area contributed by atoms with E-state index in [4.69, 9.17) is 32.7 Å². The van der Waals surface area contributed by atoms with Crippen molar-refractivity contribution in [3.05, 3.63) is 58.1 Å². The van der Waals surface area contributed by atoms with Gasteiger partial charge in [0.2, 0.25) is 0 Å². The highest BCUT2D eigenvalue weighted by molar-refractivity contribution is 6.31. The van der Waals surface area contributed by atoms with Gasteiger partial charge in [0.15, 0.2) is 6.10 Å². The summed E-state index contributed by atoms with van der Waals surface area (Å²) in [7, 11) is 0. The number of esters is 1. The van der Waals surface area contributed by atoms with Gasteiger partial charge in [-0.25, -0.2) is 0 Å². The lowest BCUT2D eigenvalue weighted by atomic mass is 10.2. The number of nitrogens with one attached hydrogen (secondary N) is 1. The quantitative estimate of drug-likeness (QED) is 0.490. The van der Waals surface area contributed by atoms with Crippen LogP contribution in [0.5, 0.6) is 5.75 Å². The average molecular weight is 410 g/mol. The summed E-state index contributed by atoms with van der Waals surface area (Å²) in [5, 5.41) is 3.88. The third-order valence-electron chi connectivity index (χ3n) is 3.71. The third kappa shape index (κ3) is 7.12. The number of carbonyl (C=O) groups excluding carboxylic acids is 2. The van der Waals surface area contributed by atoms with Crippen LogP contribution in [-0.2, 0) is 14.3 Å². The Morgan fingerprint density at radius 2 is 1.74 bits per heavy atom. The number of benzene rings is 2. The van der Waals surface area contributed by atoms with Crippen molar-refractivity contribution in [2.45, 2.75) is 32.8 Å². The van der Waals surface area contributed by atoms with E-state index in [-0.39, 0.29) is 6.42 Å². The van der Waals surface area contributed by atoms with Gasteiger partial charge in [-0.15, -0.1) is 0 Å². The fourth-order valence-electron chi connectivity index (χ4n) is 2.26. The first-order valence-electron chi connectivity index (χ1n) is 8.50. The Morgan fingerprint density at radius 3 is 2.41 bits per heavy atom. The first-order valence-corrected chi connectivity index (χ1v) is 9.25. The van der Waals surface area contributed by atoms with E-state index in [0.717, 1.165) is 11.3 Å². The molecule has 7 heteroatoms. The Labute approximate surface area is 168 Å². The predicted molar refractivity (Wildman–Crippen MR) is 107 cm³/mol. The number of carbonyl (C=O) groups is 2. The van der Waals surface area contributed by atoms with Crippen LogP contribution in [0.25, 0.3) is 0 Å². The molecule has 1 N–H and O–H groups in total. The molecule has 0 saturated heterocycles. The molecule has 0 aliphatic heterocycles. The van der Waals surface area contributed by atoms with Crippen LogP contribution in [0.15, 0.2) is 42.5 Å². The Balaban J connectivity index is 1.69. The first kappa shape index (κ1) is 21.1. The maximum atomic E-state index is 12.1. The molecule has 0 bridgehead atoms. The van der Waals surface area contributed by atoms with Crippen molar-refractivity contribution in [3.63, 3.8) is 0 Å². The molecule has 1 atom stereocenters. The first-order chi connectivity index (χ1) is 12.8. The minimum Gasteiger partial charge on any atom is -0.493 e. The van der Waals surface area contributed by atoms with Crippen LogP contribution in [0.2, 0.25) is 10.0 Å². The minimum atomic E-state index is -0.896. The Hall–Kier alpha value is -2.24. The van der Waals surface area contributed by atoms with Crippen molar-refractivity contribution in [2.75, 3.05) is 11.9 Å². The van der Waals surface area contributed by atoms with Gasteiger partial charge in [-0.1, -0.05) is 23.2 Å². The zero-order valence-corrected chi connectivity index (χ0v) is 16.6. The van der Waals surface area contributed by atoms with Crippen molar-refractivity contribution in [3.8, 4) is 5.75 Å².